The molecule has 126 valence electrons. The Hall–Kier alpha value is -1.62. The first kappa shape index (κ1) is 16.2. The molecule has 1 saturated carbocycles. The van der Waals surface area contributed by atoms with E-state index in [0.717, 1.165) is 0 Å². The second kappa shape index (κ2) is 5.78. The molecule has 6 N–H and O–H groups in total. The third-order valence-electron chi connectivity index (χ3n) is 3.97. The highest BCUT2D eigenvalue weighted by atomic mass is 31.2. The van der Waals surface area contributed by atoms with Crippen LogP contribution in [0.1, 0.15) is 12.5 Å². The van der Waals surface area contributed by atoms with Crippen LogP contribution in [0.25, 0.3) is 11.2 Å². The molecule has 0 bridgehead atoms. The van der Waals surface area contributed by atoms with Crippen molar-refractivity contribution in [1.29, 1.82) is 0 Å². The minimum atomic E-state index is -4.64. The number of nitrogens with two attached hydrogens (primary N) is 1. The molecule has 1 aliphatic rings. The maximum absolute atomic E-state index is 10.8. The van der Waals surface area contributed by atoms with E-state index >= 15 is 0 Å². The maximum Gasteiger partial charge on any atom is 0.469 e. The van der Waals surface area contributed by atoms with E-state index in [1.807, 2.05) is 0 Å². The van der Waals surface area contributed by atoms with Crippen molar-refractivity contribution in [2.75, 3.05) is 12.3 Å². The maximum atomic E-state index is 10.8. The highest BCUT2D eigenvalue weighted by Crippen LogP contribution is 2.41. The number of phosphoric acid groups is 1. The van der Waals surface area contributed by atoms with Crippen LogP contribution >= 0.6 is 7.82 Å². The average molecular weight is 345 g/mol. The average Bonchev–Trinajstić information content (AvgIpc) is 3.01. The van der Waals surface area contributed by atoms with E-state index in [4.69, 9.17) is 15.5 Å². The summed E-state index contributed by atoms with van der Waals surface area (Å²) in [5.74, 6) is -0.442. The van der Waals surface area contributed by atoms with E-state index in [0.29, 0.717) is 11.2 Å². The number of fused-ring (bicyclic) bond motifs is 1. The normalized spacial score (nSPS) is 28.5. The van der Waals surface area contributed by atoms with Crippen molar-refractivity contribution < 1.29 is 29.1 Å². The van der Waals surface area contributed by atoms with E-state index < -0.39 is 32.0 Å². The van der Waals surface area contributed by atoms with Crippen molar-refractivity contribution in [2.45, 2.75) is 24.7 Å². The van der Waals surface area contributed by atoms with Crippen LogP contribution < -0.4 is 5.73 Å². The Morgan fingerprint density at radius 2 is 2.04 bits per heavy atom. The van der Waals surface area contributed by atoms with E-state index in [2.05, 4.69) is 19.5 Å². The van der Waals surface area contributed by atoms with Crippen LogP contribution in [0, 0.1) is 5.92 Å². The van der Waals surface area contributed by atoms with Gasteiger partial charge in [-0.3, -0.25) is 4.52 Å². The molecule has 0 amide bonds. The van der Waals surface area contributed by atoms with E-state index in [1.165, 1.54) is 12.7 Å². The van der Waals surface area contributed by atoms with Gasteiger partial charge in [-0.05, 0) is 6.42 Å². The van der Waals surface area contributed by atoms with Gasteiger partial charge in [0.1, 0.15) is 17.9 Å². The van der Waals surface area contributed by atoms with E-state index in [9.17, 15) is 14.8 Å². The van der Waals surface area contributed by atoms with Gasteiger partial charge in [-0.15, -0.1) is 0 Å². The van der Waals surface area contributed by atoms with Crippen molar-refractivity contribution in [3.05, 3.63) is 12.7 Å². The number of nitrogens with zero attached hydrogens (tertiary/aromatic N) is 4. The molecule has 11 nitrogen and oxygen atoms in total. The zero-order chi connectivity index (χ0) is 16.8. The second-order valence-corrected chi connectivity index (χ2v) is 6.65. The molecule has 4 atom stereocenters. The lowest BCUT2D eigenvalue weighted by molar-refractivity contribution is -0.00374. The fourth-order valence-electron chi connectivity index (χ4n) is 2.85. The zero-order valence-corrected chi connectivity index (χ0v) is 12.7. The highest BCUT2D eigenvalue weighted by Gasteiger charge is 2.43. The number of rotatable bonds is 4. The van der Waals surface area contributed by atoms with Crippen molar-refractivity contribution in [3.63, 3.8) is 0 Å². The molecule has 2 heterocycles. The quantitative estimate of drug-likeness (QED) is 0.423. The lowest BCUT2D eigenvalue weighted by Gasteiger charge is -2.18. The lowest BCUT2D eigenvalue weighted by Crippen LogP contribution is -2.30. The summed E-state index contributed by atoms with van der Waals surface area (Å²) in [6.45, 7) is -0.372. The first-order chi connectivity index (χ1) is 10.8. The molecule has 2 aromatic heterocycles. The Labute approximate surface area is 130 Å². The summed E-state index contributed by atoms with van der Waals surface area (Å²) in [7, 11) is -4.64. The molecular weight excluding hydrogens is 329 g/mol. The number of aromatic nitrogens is 4. The smallest absolute Gasteiger partial charge is 0.390 e. The van der Waals surface area contributed by atoms with Gasteiger partial charge in [-0.2, -0.15) is 0 Å². The Morgan fingerprint density at radius 3 is 2.74 bits per heavy atom. The van der Waals surface area contributed by atoms with Gasteiger partial charge < -0.3 is 30.3 Å². The van der Waals surface area contributed by atoms with E-state index in [-0.39, 0.29) is 18.8 Å². The van der Waals surface area contributed by atoms with Gasteiger partial charge in [0.15, 0.2) is 11.5 Å². The molecule has 0 unspecified atom stereocenters. The number of nitrogen functional groups attached to an aromatic ring is 1. The summed E-state index contributed by atoms with van der Waals surface area (Å²) >= 11 is 0. The third kappa shape index (κ3) is 3.07. The molecule has 12 heteroatoms. The minimum Gasteiger partial charge on any atom is -0.390 e. The summed E-state index contributed by atoms with van der Waals surface area (Å²) in [5, 5.41) is 20.3. The Bertz CT molecular complexity index is 762. The topological polar surface area (TPSA) is 177 Å². The number of aliphatic hydroxyl groups is 2. The van der Waals surface area contributed by atoms with Crippen molar-refractivity contribution in [2.24, 2.45) is 5.92 Å². The molecule has 0 aromatic carbocycles. The van der Waals surface area contributed by atoms with Gasteiger partial charge in [0, 0.05) is 5.92 Å². The molecule has 23 heavy (non-hydrogen) atoms. The fourth-order valence-corrected chi connectivity index (χ4v) is 3.23. The van der Waals surface area contributed by atoms with Crippen LogP contribution in [0.15, 0.2) is 12.7 Å². The molecule has 0 aliphatic heterocycles. The van der Waals surface area contributed by atoms with Gasteiger partial charge in [0.2, 0.25) is 0 Å². The van der Waals surface area contributed by atoms with Crippen molar-refractivity contribution >= 4 is 24.8 Å². The highest BCUT2D eigenvalue weighted by molar-refractivity contribution is 7.46. The molecule has 1 fully saturated rings. The zero-order valence-electron chi connectivity index (χ0n) is 11.8. The van der Waals surface area contributed by atoms with Crippen LogP contribution in [-0.2, 0) is 9.09 Å². The number of aliphatic hydroxyl groups excluding tert-OH is 2. The number of anilines is 1. The fraction of sp³-hybridized carbons (Fsp3) is 0.545. The summed E-state index contributed by atoms with van der Waals surface area (Å²) in [6, 6.07) is -0.574. The van der Waals surface area contributed by atoms with E-state index in [1.54, 1.807) is 4.57 Å². The predicted octanol–water partition coefficient (Wildman–Crippen LogP) is -1.20. The Kier molecular flexibility index (Phi) is 4.08. The van der Waals surface area contributed by atoms with Gasteiger partial charge >= 0.3 is 7.82 Å². The van der Waals surface area contributed by atoms with Crippen LogP contribution in [0.3, 0.4) is 0 Å². The number of hydrogen-bond acceptors (Lipinski definition) is 8. The summed E-state index contributed by atoms with van der Waals surface area (Å²) in [6.07, 6.45) is 0.583. The SMILES string of the molecule is Nc1ncnc2c1ncn2[C@H]1C[C@@H](COP(=O)(O)O)[C@H](O)[C@@H]1O. The molecule has 0 radical (unpaired) electrons. The molecule has 1 aliphatic carbocycles. The Balaban J connectivity index is 1.85. The number of hydrogen-bond donors (Lipinski definition) is 5. The number of imidazole rings is 1. The first-order valence-corrected chi connectivity index (χ1v) is 8.30. The standard InChI is InChI=1S/C11H16N5O6P/c12-10-7-11(14-3-13-10)16(4-15-7)6-1-5(8(17)9(6)18)2-22-23(19,20)21/h3-6,8-9,17-18H,1-2H2,(H2,12,13,14)(H2,19,20,21)/t5-,6-,8-,9+/m0/s1. The van der Waals surface area contributed by atoms with Crippen LogP contribution in [0.2, 0.25) is 0 Å². The van der Waals surface area contributed by atoms with Crippen molar-refractivity contribution in [1.82, 2.24) is 19.5 Å². The predicted molar refractivity (Wildman–Crippen MR) is 76.9 cm³/mol. The van der Waals surface area contributed by atoms with Crippen LogP contribution in [0.4, 0.5) is 5.82 Å². The monoisotopic (exact) mass is 345 g/mol. The second-order valence-electron chi connectivity index (χ2n) is 5.41. The van der Waals surface area contributed by atoms with Gasteiger partial charge in [-0.25, -0.2) is 19.5 Å². The Morgan fingerprint density at radius 1 is 1.30 bits per heavy atom. The summed E-state index contributed by atoms with van der Waals surface area (Å²) in [4.78, 5) is 29.5. The summed E-state index contributed by atoms with van der Waals surface area (Å²) in [5.41, 5.74) is 6.49. The molecule has 0 spiro atoms. The first-order valence-electron chi connectivity index (χ1n) is 6.77. The number of phosphoric ester groups is 1. The molecule has 2 aromatic rings. The third-order valence-corrected chi connectivity index (χ3v) is 4.46. The minimum absolute atomic E-state index is 0.197. The lowest BCUT2D eigenvalue weighted by atomic mass is 10.1. The molecule has 3 rings (SSSR count). The van der Waals surface area contributed by atoms with Gasteiger partial charge in [0.25, 0.3) is 0 Å². The molecular formula is C11H16N5O6P. The van der Waals surface area contributed by atoms with Gasteiger partial charge in [0.05, 0.1) is 25.1 Å². The van der Waals surface area contributed by atoms with Crippen LogP contribution in [0.5, 0.6) is 0 Å². The van der Waals surface area contributed by atoms with Crippen molar-refractivity contribution in [3.8, 4) is 0 Å². The molecule has 0 saturated heterocycles. The summed E-state index contributed by atoms with van der Waals surface area (Å²) < 4.78 is 16.8. The van der Waals surface area contributed by atoms with Gasteiger partial charge in [-0.1, -0.05) is 0 Å². The largest absolute Gasteiger partial charge is 0.469 e. The van der Waals surface area contributed by atoms with Crippen LogP contribution in [-0.4, -0.2) is 58.3 Å².